The third-order valence-corrected chi connectivity index (χ3v) is 6.10. The Hall–Kier alpha value is -3.53. The van der Waals surface area contributed by atoms with Gasteiger partial charge in [-0.2, -0.15) is 0 Å². The van der Waals surface area contributed by atoms with E-state index in [1.54, 1.807) is 4.90 Å². The predicted molar refractivity (Wildman–Crippen MR) is 131 cm³/mol. The molecule has 0 spiro atoms. The summed E-state index contributed by atoms with van der Waals surface area (Å²) in [4.78, 5) is 25.7. The van der Waals surface area contributed by atoms with E-state index in [9.17, 15) is 9.59 Å². The van der Waals surface area contributed by atoms with Gasteiger partial charge in [-0.05, 0) is 29.2 Å². The molecule has 3 rings (SSSR count). The molecule has 0 aliphatic rings. The van der Waals surface area contributed by atoms with Gasteiger partial charge in [-0.25, -0.2) is 4.68 Å². The van der Waals surface area contributed by atoms with Crippen LogP contribution in [0.25, 0.3) is 0 Å². The molecule has 34 heavy (non-hydrogen) atoms. The van der Waals surface area contributed by atoms with E-state index in [0.717, 1.165) is 5.56 Å². The number of ether oxygens (including phenoxy) is 1. The molecule has 2 amide bonds. The first-order valence-electron chi connectivity index (χ1n) is 11.0. The Bertz CT molecular complexity index is 1090. The lowest BCUT2D eigenvalue weighted by molar-refractivity contribution is -0.129. The summed E-state index contributed by atoms with van der Waals surface area (Å²) in [6, 6.07) is 17.4. The van der Waals surface area contributed by atoms with Crippen LogP contribution in [-0.2, 0) is 22.7 Å². The smallest absolute Gasteiger partial charge is 0.233 e. The van der Waals surface area contributed by atoms with Crippen molar-refractivity contribution in [3.05, 3.63) is 71.5 Å². The fraction of sp³-hybridized carbons (Fsp3) is 0.333. The van der Waals surface area contributed by atoms with Crippen LogP contribution in [0, 0.1) is 0 Å². The molecule has 180 valence electrons. The van der Waals surface area contributed by atoms with Crippen LogP contribution < -0.4 is 16.3 Å². The predicted octanol–water partition coefficient (Wildman–Crippen LogP) is 2.69. The number of nitrogens with two attached hydrogens (primary N) is 2. The second kappa shape index (κ2) is 12.1. The Balaban J connectivity index is 1.56. The number of carbonyl (C=O) groups is 2. The van der Waals surface area contributed by atoms with E-state index in [1.807, 2.05) is 54.6 Å². The maximum absolute atomic E-state index is 12.9. The number of thioether (sulfide) groups is 1. The molecule has 2 aromatic carbocycles. The van der Waals surface area contributed by atoms with Gasteiger partial charge in [-0.1, -0.05) is 68.1 Å². The molecule has 0 unspecified atom stereocenters. The van der Waals surface area contributed by atoms with Gasteiger partial charge in [0.25, 0.3) is 0 Å². The van der Waals surface area contributed by atoms with Gasteiger partial charge in [0.1, 0.15) is 12.4 Å². The van der Waals surface area contributed by atoms with Crippen LogP contribution >= 0.6 is 11.8 Å². The first-order chi connectivity index (χ1) is 16.3. The van der Waals surface area contributed by atoms with E-state index in [2.05, 4.69) is 24.0 Å². The van der Waals surface area contributed by atoms with Crippen LogP contribution in [0.3, 0.4) is 0 Å². The Morgan fingerprint density at radius 1 is 1.09 bits per heavy atom. The summed E-state index contributed by atoms with van der Waals surface area (Å²) in [6.45, 7) is 5.05. The van der Waals surface area contributed by atoms with Gasteiger partial charge >= 0.3 is 0 Å². The van der Waals surface area contributed by atoms with E-state index in [0.29, 0.717) is 29.2 Å². The van der Waals surface area contributed by atoms with Crippen LogP contribution in [-0.4, -0.2) is 43.9 Å². The molecule has 0 atom stereocenters. The number of nitrogens with zero attached hydrogens (tertiary/aromatic N) is 4. The summed E-state index contributed by atoms with van der Waals surface area (Å²) in [5.74, 6) is 7.21. The molecule has 10 heteroatoms. The third kappa shape index (κ3) is 7.24. The fourth-order valence-corrected chi connectivity index (χ4v) is 3.94. The second-order valence-corrected chi connectivity index (χ2v) is 9.03. The van der Waals surface area contributed by atoms with E-state index >= 15 is 0 Å². The molecule has 4 N–H and O–H groups in total. The summed E-state index contributed by atoms with van der Waals surface area (Å²) in [5, 5.41) is 8.56. The highest BCUT2D eigenvalue weighted by Crippen LogP contribution is 2.20. The third-order valence-electron chi connectivity index (χ3n) is 5.17. The van der Waals surface area contributed by atoms with Gasteiger partial charge in [0.05, 0.1) is 5.75 Å². The van der Waals surface area contributed by atoms with Crippen molar-refractivity contribution in [3.63, 3.8) is 0 Å². The lowest BCUT2D eigenvalue weighted by atomic mass is 10.0. The Morgan fingerprint density at radius 3 is 2.44 bits per heavy atom. The standard InChI is InChI=1S/C24H30N6O3S/c1-17(2)19-8-10-20(11-9-19)33-15-22-27-28-24(30(22)26)34-16-23(32)29(13-12-21(25)31)14-18-6-4-3-5-7-18/h3-11,17H,12-16,26H2,1-2H3,(H2,25,31). The molecule has 0 bridgehead atoms. The average molecular weight is 483 g/mol. The molecule has 3 aromatic rings. The van der Waals surface area contributed by atoms with Crippen molar-refractivity contribution in [2.75, 3.05) is 18.1 Å². The fourth-order valence-electron chi connectivity index (χ4n) is 3.16. The molecule has 0 fully saturated rings. The van der Waals surface area contributed by atoms with Gasteiger partial charge in [0, 0.05) is 19.5 Å². The molecule has 9 nitrogen and oxygen atoms in total. The average Bonchev–Trinajstić information content (AvgIpc) is 3.18. The molecular weight excluding hydrogens is 452 g/mol. The zero-order valence-electron chi connectivity index (χ0n) is 19.4. The molecule has 0 aliphatic carbocycles. The summed E-state index contributed by atoms with van der Waals surface area (Å²) in [7, 11) is 0. The number of carbonyl (C=O) groups excluding carboxylic acids is 2. The highest BCUT2D eigenvalue weighted by molar-refractivity contribution is 7.99. The molecule has 0 saturated carbocycles. The van der Waals surface area contributed by atoms with Crippen molar-refractivity contribution in [1.29, 1.82) is 0 Å². The summed E-state index contributed by atoms with van der Waals surface area (Å²) in [5.41, 5.74) is 7.48. The van der Waals surface area contributed by atoms with Crippen LogP contribution in [0.1, 0.15) is 43.1 Å². The van der Waals surface area contributed by atoms with Crippen molar-refractivity contribution in [2.45, 2.75) is 44.5 Å². The van der Waals surface area contributed by atoms with Gasteiger partial charge in [0.2, 0.25) is 17.0 Å². The number of amides is 2. The Kier molecular flexibility index (Phi) is 8.92. The quantitative estimate of drug-likeness (QED) is 0.300. The van der Waals surface area contributed by atoms with E-state index in [1.165, 1.54) is 22.0 Å². The summed E-state index contributed by atoms with van der Waals surface area (Å²) >= 11 is 1.18. The number of primary amides is 1. The van der Waals surface area contributed by atoms with Crippen molar-refractivity contribution < 1.29 is 14.3 Å². The maximum atomic E-state index is 12.9. The highest BCUT2D eigenvalue weighted by atomic mass is 32.2. The van der Waals surface area contributed by atoms with Gasteiger partial charge in [-0.3, -0.25) is 9.59 Å². The van der Waals surface area contributed by atoms with Crippen LogP contribution in [0.5, 0.6) is 5.75 Å². The van der Waals surface area contributed by atoms with Crippen molar-refractivity contribution >= 4 is 23.6 Å². The number of aromatic nitrogens is 3. The van der Waals surface area contributed by atoms with Crippen LogP contribution in [0.4, 0.5) is 0 Å². The Labute approximate surface area is 203 Å². The van der Waals surface area contributed by atoms with E-state index < -0.39 is 5.91 Å². The largest absolute Gasteiger partial charge is 0.486 e. The van der Waals surface area contributed by atoms with E-state index in [-0.39, 0.29) is 31.2 Å². The van der Waals surface area contributed by atoms with E-state index in [4.69, 9.17) is 16.3 Å². The molecular formula is C24H30N6O3S. The van der Waals surface area contributed by atoms with Gasteiger partial charge in [0.15, 0.2) is 5.82 Å². The minimum absolute atomic E-state index is 0.0932. The van der Waals surface area contributed by atoms with Crippen molar-refractivity contribution in [3.8, 4) is 5.75 Å². The monoisotopic (exact) mass is 482 g/mol. The SMILES string of the molecule is CC(C)c1ccc(OCc2nnc(SCC(=O)N(CCC(N)=O)Cc3ccccc3)n2N)cc1. The molecule has 1 aromatic heterocycles. The van der Waals surface area contributed by atoms with Gasteiger partial charge < -0.3 is 21.2 Å². The normalized spacial score (nSPS) is 10.9. The van der Waals surface area contributed by atoms with Crippen LogP contribution in [0.15, 0.2) is 59.8 Å². The highest BCUT2D eigenvalue weighted by Gasteiger charge is 2.18. The summed E-state index contributed by atoms with van der Waals surface area (Å²) < 4.78 is 7.10. The second-order valence-electron chi connectivity index (χ2n) is 8.09. The minimum atomic E-state index is -0.455. The molecule has 1 heterocycles. The molecule has 0 saturated heterocycles. The zero-order chi connectivity index (χ0) is 24.5. The first kappa shape index (κ1) is 25.1. The number of nitrogen functional groups attached to an aromatic ring is 1. The number of hydrogen-bond acceptors (Lipinski definition) is 7. The van der Waals surface area contributed by atoms with Crippen molar-refractivity contribution in [1.82, 2.24) is 19.8 Å². The lowest BCUT2D eigenvalue weighted by Gasteiger charge is -2.22. The topological polar surface area (TPSA) is 129 Å². The summed E-state index contributed by atoms with van der Waals surface area (Å²) in [6.07, 6.45) is 0.0932. The van der Waals surface area contributed by atoms with Crippen LogP contribution in [0.2, 0.25) is 0 Å². The lowest BCUT2D eigenvalue weighted by Crippen LogP contribution is -2.35. The number of hydrogen-bond donors (Lipinski definition) is 2. The zero-order valence-corrected chi connectivity index (χ0v) is 20.2. The Morgan fingerprint density at radius 2 is 1.79 bits per heavy atom. The maximum Gasteiger partial charge on any atom is 0.233 e. The molecule has 0 aliphatic heterocycles. The molecule has 0 radical (unpaired) electrons. The number of rotatable bonds is 12. The first-order valence-corrected chi connectivity index (χ1v) is 12.0. The minimum Gasteiger partial charge on any atom is -0.486 e. The van der Waals surface area contributed by atoms with Crippen molar-refractivity contribution in [2.24, 2.45) is 5.73 Å². The van der Waals surface area contributed by atoms with Gasteiger partial charge in [-0.15, -0.1) is 10.2 Å². The number of benzene rings is 2.